The molecule has 0 atom stereocenters. The molecule has 0 spiro atoms. The average molecular weight is 423 g/mol. The number of rotatable bonds is 7. The minimum absolute atomic E-state index is 0.339. The minimum Gasteiger partial charge on any atom is -0.206 e. The highest BCUT2D eigenvalue weighted by Crippen LogP contribution is 2.12. The molecule has 0 aliphatic carbocycles. The maximum Gasteiger partial charge on any atom is 0.140 e. The predicted molar refractivity (Wildman–Crippen MR) is 133 cm³/mol. The topological polar surface area (TPSA) is 0 Å². The Bertz CT molecular complexity index is 1110. The Hall–Kier alpha value is -3.29. The lowest BCUT2D eigenvalue weighted by atomic mass is 10.0. The van der Waals surface area contributed by atoms with Gasteiger partial charge in [-0.3, -0.25) is 0 Å². The van der Waals surface area contributed by atoms with Gasteiger partial charge in [0.05, 0.1) is 5.56 Å². The van der Waals surface area contributed by atoms with Crippen LogP contribution in [0, 0.1) is 29.5 Å². The van der Waals surface area contributed by atoms with E-state index in [9.17, 15) is 4.39 Å². The lowest BCUT2D eigenvalue weighted by molar-refractivity contribution is 0.624. The number of hydrogen-bond acceptors (Lipinski definition) is 0. The Labute approximate surface area is 192 Å². The summed E-state index contributed by atoms with van der Waals surface area (Å²) in [5.41, 5.74) is 5.52. The Morgan fingerprint density at radius 1 is 0.562 bits per heavy atom. The van der Waals surface area contributed by atoms with Gasteiger partial charge >= 0.3 is 0 Å². The molecule has 0 aromatic heterocycles. The lowest BCUT2D eigenvalue weighted by Gasteiger charge is -2.01. The van der Waals surface area contributed by atoms with E-state index in [2.05, 4.69) is 61.8 Å². The highest BCUT2D eigenvalue weighted by Gasteiger charge is 2.00. The molecule has 0 amide bonds. The SMILES string of the molecule is CCCCCCc1ccc(C#Cc2ccc(C#Cc3ccc(CCC)cc3)c(F)c2)cc1. The molecule has 0 saturated carbocycles. The van der Waals surface area contributed by atoms with Gasteiger partial charge in [0, 0.05) is 16.7 Å². The zero-order chi connectivity index (χ0) is 22.6. The third-order valence-electron chi connectivity index (χ3n) is 5.43. The van der Waals surface area contributed by atoms with Crippen LogP contribution in [0.4, 0.5) is 4.39 Å². The number of unbranched alkanes of at least 4 members (excludes halogenated alkanes) is 3. The first-order chi connectivity index (χ1) is 15.7. The van der Waals surface area contributed by atoms with Crippen molar-refractivity contribution in [3.63, 3.8) is 0 Å². The van der Waals surface area contributed by atoms with Gasteiger partial charge in [-0.1, -0.05) is 87.5 Å². The first kappa shape index (κ1) is 23.4. The molecule has 0 radical (unpaired) electrons. The van der Waals surface area contributed by atoms with E-state index in [0.717, 1.165) is 30.4 Å². The second-order valence-electron chi connectivity index (χ2n) is 8.15. The molecule has 0 aliphatic heterocycles. The number of halogens is 1. The van der Waals surface area contributed by atoms with Crippen LogP contribution in [0.5, 0.6) is 0 Å². The van der Waals surface area contributed by atoms with Crippen LogP contribution in [0.2, 0.25) is 0 Å². The molecule has 3 aromatic carbocycles. The van der Waals surface area contributed by atoms with Crippen LogP contribution < -0.4 is 0 Å². The quantitative estimate of drug-likeness (QED) is 0.270. The number of hydrogen-bond donors (Lipinski definition) is 0. The van der Waals surface area contributed by atoms with Gasteiger partial charge in [0.15, 0.2) is 0 Å². The van der Waals surface area contributed by atoms with E-state index >= 15 is 0 Å². The second-order valence-corrected chi connectivity index (χ2v) is 8.15. The molecule has 0 N–H and O–H groups in total. The molecule has 162 valence electrons. The smallest absolute Gasteiger partial charge is 0.140 e. The van der Waals surface area contributed by atoms with Crippen molar-refractivity contribution in [1.82, 2.24) is 0 Å². The first-order valence-electron chi connectivity index (χ1n) is 11.7. The molecule has 0 saturated heterocycles. The zero-order valence-electron chi connectivity index (χ0n) is 19.2. The van der Waals surface area contributed by atoms with Crippen LogP contribution in [-0.4, -0.2) is 0 Å². The summed E-state index contributed by atoms with van der Waals surface area (Å²) in [5.74, 6) is 11.8. The molecule has 1 heteroatoms. The fourth-order valence-corrected chi connectivity index (χ4v) is 3.53. The maximum atomic E-state index is 14.5. The summed E-state index contributed by atoms with van der Waals surface area (Å²) in [6.07, 6.45) is 8.38. The minimum atomic E-state index is -0.339. The van der Waals surface area contributed by atoms with E-state index in [1.807, 2.05) is 30.3 Å². The molecule has 32 heavy (non-hydrogen) atoms. The van der Waals surface area contributed by atoms with Crippen molar-refractivity contribution in [2.24, 2.45) is 0 Å². The van der Waals surface area contributed by atoms with Crippen molar-refractivity contribution in [2.45, 2.75) is 58.8 Å². The summed E-state index contributed by atoms with van der Waals surface area (Å²) >= 11 is 0. The van der Waals surface area contributed by atoms with E-state index in [4.69, 9.17) is 0 Å². The summed E-state index contributed by atoms with van der Waals surface area (Å²) in [6.45, 7) is 4.39. The average Bonchev–Trinajstić information content (AvgIpc) is 2.82. The summed E-state index contributed by atoms with van der Waals surface area (Å²) in [4.78, 5) is 0. The van der Waals surface area contributed by atoms with E-state index in [1.54, 1.807) is 6.07 Å². The van der Waals surface area contributed by atoms with Gasteiger partial charge in [-0.05, 0) is 72.9 Å². The van der Waals surface area contributed by atoms with Crippen LogP contribution in [0.25, 0.3) is 0 Å². The highest BCUT2D eigenvalue weighted by atomic mass is 19.1. The van der Waals surface area contributed by atoms with Crippen LogP contribution >= 0.6 is 0 Å². The predicted octanol–water partition coefficient (Wildman–Crippen LogP) is 7.70. The monoisotopic (exact) mass is 422 g/mol. The van der Waals surface area contributed by atoms with Crippen LogP contribution in [-0.2, 0) is 12.8 Å². The molecule has 3 aromatic rings. The van der Waals surface area contributed by atoms with Crippen molar-refractivity contribution >= 4 is 0 Å². The molecule has 0 nitrogen and oxygen atoms in total. The molecule has 0 aliphatic rings. The van der Waals surface area contributed by atoms with E-state index in [0.29, 0.717) is 11.1 Å². The van der Waals surface area contributed by atoms with Crippen molar-refractivity contribution in [3.8, 4) is 23.7 Å². The van der Waals surface area contributed by atoms with Crippen molar-refractivity contribution in [3.05, 3.63) is 106 Å². The Morgan fingerprint density at radius 2 is 1.12 bits per heavy atom. The van der Waals surface area contributed by atoms with E-state index < -0.39 is 0 Å². The molecule has 0 heterocycles. The first-order valence-corrected chi connectivity index (χ1v) is 11.7. The number of benzene rings is 3. The lowest BCUT2D eigenvalue weighted by Crippen LogP contribution is -1.87. The molecule has 3 rings (SSSR count). The van der Waals surface area contributed by atoms with Crippen LogP contribution in [0.15, 0.2) is 66.7 Å². The van der Waals surface area contributed by atoms with Gasteiger partial charge < -0.3 is 0 Å². The molecule has 0 unspecified atom stereocenters. The zero-order valence-corrected chi connectivity index (χ0v) is 19.2. The van der Waals surface area contributed by atoms with Gasteiger partial charge in [-0.15, -0.1) is 0 Å². The molecular formula is C31H31F. The summed E-state index contributed by atoms with van der Waals surface area (Å²) < 4.78 is 14.5. The van der Waals surface area contributed by atoms with E-state index in [1.165, 1.54) is 42.9 Å². The standard InChI is InChI=1S/C31H31F/c1-3-5-6-7-9-26-12-16-27(17-13-26)18-19-29-21-23-30(31(32)24-29)22-20-28-14-10-25(8-4-2)11-15-28/h10-17,21,23-24H,3-9H2,1-2H3. The fourth-order valence-electron chi connectivity index (χ4n) is 3.53. The van der Waals surface area contributed by atoms with Gasteiger partial charge in [0.1, 0.15) is 5.82 Å². The Morgan fingerprint density at radius 3 is 1.72 bits per heavy atom. The molecular weight excluding hydrogens is 391 g/mol. The fraction of sp³-hybridized carbons (Fsp3) is 0.290. The second kappa shape index (κ2) is 12.5. The summed E-state index contributed by atoms with van der Waals surface area (Å²) in [6, 6.07) is 21.5. The van der Waals surface area contributed by atoms with Gasteiger partial charge in [-0.2, -0.15) is 0 Å². The third-order valence-corrected chi connectivity index (χ3v) is 5.43. The molecule has 0 fully saturated rings. The normalized spacial score (nSPS) is 10.1. The van der Waals surface area contributed by atoms with Gasteiger partial charge in [-0.25, -0.2) is 4.39 Å². The van der Waals surface area contributed by atoms with Gasteiger partial charge in [0.2, 0.25) is 0 Å². The van der Waals surface area contributed by atoms with Crippen molar-refractivity contribution < 1.29 is 4.39 Å². The van der Waals surface area contributed by atoms with Crippen molar-refractivity contribution in [2.75, 3.05) is 0 Å². The molecule has 0 bridgehead atoms. The summed E-state index contributed by atoms with van der Waals surface area (Å²) in [5, 5.41) is 0. The van der Waals surface area contributed by atoms with E-state index in [-0.39, 0.29) is 5.82 Å². The Balaban J connectivity index is 1.62. The largest absolute Gasteiger partial charge is 0.206 e. The number of aryl methyl sites for hydroxylation is 2. The maximum absolute atomic E-state index is 14.5. The highest BCUT2D eigenvalue weighted by molar-refractivity contribution is 5.49. The van der Waals surface area contributed by atoms with Gasteiger partial charge in [0.25, 0.3) is 0 Å². The third kappa shape index (κ3) is 7.44. The summed E-state index contributed by atoms with van der Waals surface area (Å²) in [7, 11) is 0. The van der Waals surface area contributed by atoms with Crippen LogP contribution in [0.1, 0.15) is 79.3 Å². The van der Waals surface area contributed by atoms with Crippen molar-refractivity contribution in [1.29, 1.82) is 0 Å². The van der Waals surface area contributed by atoms with Crippen LogP contribution in [0.3, 0.4) is 0 Å². The Kier molecular flexibility index (Phi) is 9.16.